The van der Waals surface area contributed by atoms with Crippen molar-refractivity contribution >= 4 is 27.6 Å². The zero-order valence-electron chi connectivity index (χ0n) is 8.07. The minimum atomic E-state index is -0.927. The summed E-state index contributed by atoms with van der Waals surface area (Å²) in [6, 6.07) is 7.17. The summed E-state index contributed by atoms with van der Waals surface area (Å²) in [4.78, 5) is 12.0. The third-order valence-corrected chi connectivity index (χ3v) is 2.36. The summed E-state index contributed by atoms with van der Waals surface area (Å²) in [5.41, 5.74) is 1.07. The average molecular weight is 269 g/mol. The number of nitriles is 1. The quantitative estimate of drug-likeness (QED) is 0.909. The molecule has 0 spiro atoms. The van der Waals surface area contributed by atoms with Gasteiger partial charge < -0.3 is 10.0 Å². The lowest BCUT2D eigenvalue weighted by Crippen LogP contribution is -2.25. The number of likely N-dealkylation sites (N-methyl/N-ethyl adjacent to an activating group) is 1. The summed E-state index contributed by atoms with van der Waals surface area (Å²) >= 11 is 3.25. The molecule has 0 unspecified atom stereocenters. The van der Waals surface area contributed by atoms with E-state index in [4.69, 9.17) is 10.4 Å². The minimum Gasteiger partial charge on any atom is -0.480 e. The Hall–Kier alpha value is -1.54. The number of benzene rings is 1. The first-order chi connectivity index (χ1) is 7.04. The lowest BCUT2D eigenvalue weighted by molar-refractivity contribution is -0.135. The Morgan fingerprint density at radius 2 is 2.33 bits per heavy atom. The van der Waals surface area contributed by atoms with E-state index in [1.54, 1.807) is 25.2 Å². The van der Waals surface area contributed by atoms with E-state index in [-0.39, 0.29) is 6.54 Å². The van der Waals surface area contributed by atoms with Crippen LogP contribution in [-0.4, -0.2) is 24.7 Å². The van der Waals surface area contributed by atoms with Crippen molar-refractivity contribution in [2.75, 3.05) is 18.5 Å². The number of anilines is 1. The van der Waals surface area contributed by atoms with Crippen LogP contribution in [0, 0.1) is 11.3 Å². The summed E-state index contributed by atoms with van der Waals surface area (Å²) in [6.07, 6.45) is 0. The van der Waals surface area contributed by atoms with Gasteiger partial charge in [0.1, 0.15) is 12.6 Å². The van der Waals surface area contributed by atoms with Crippen molar-refractivity contribution in [2.24, 2.45) is 0 Å². The summed E-state index contributed by atoms with van der Waals surface area (Å²) in [6.45, 7) is -0.129. The monoisotopic (exact) mass is 268 g/mol. The van der Waals surface area contributed by atoms with Crippen LogP contribution in [0.4, 0.5) is 5.69 Å². The number of aliphatic carboxylic acids is 1. The van der Waals surface area contributed by atoms with Gasteiger partial charge in [0.2, 0.25) is 0 Å². The van der Waals surface area contributed by atoms with E-state index in [9.17, 15) is 4.79 Å². The number of carboxylic acid groups (broad SMARTS) is 1. The van der Waals surface area contributed by atoms with Gasteiger partial charge in [-0.2, -0.15) is 5.26 Å². The van der Waals surface area contributed by atoms with E-state index >= 15 is 0 Å². The van der Waals surface area contributed by atoms with Gasteiger partial charge in [-0.3, -0.25) is 4.79 Å². The fraction of sp³-hybridized carbons (Fsp3) is 0.200. The molecule has 1 aromatic rings. The second-order valence-electron chi connectivity index (χ2n) is 3.02. The Morgan fingerprint density at radius 3 is 2.87 bits per heavy atom. The zero-order valence-corrected chi connectivity index (χ0v) is 9.65. The van der Waals surface area contributed by atoms with Gasteiger partial charge >= 0.3 is 5.97 Å². The molecule has 4 nitrogen and oxygen atoms in total. The molecule has 0 saturated heterocycles. The molecule has 1 aromatic carbocycles. The van der Waals surface area contributed by atoms with Gasteiger partial charge in [-0.25, -0.2) is 0 Å². The summed E-state index contributed by atoms with van der Waals surface area (Å²) in [5, 5.41) is 17.5. The highest BCUT2D eigenvalue weighted by Gasteiger charge is 2.10. The molecular weight excluding hydrogens is 260 g/mol. The van der Waals surface area contributed by atoms with Crippen LogP contribution >= 0.6 is 15.9 Å². The molecular formula is C10H9BrN2O2. The molecule has 1 rings (SSSR count). The highest BCUT2D eigenvalue weighted by Crippen LogP contribution is 2.22. The van der Waals surface area contributed by atoms with Crippen LogP contribution < -0.4 is 4.90 Å². The van der Waals surface area contributed by atoms with Crippen LogP contribution in [0.5, 0.6) is 0 Å². The number of halogens is 1. The Bertz CT molecular complexity index is 426. The van der Waals surface area contributed by atoms with E-state index in [1.807, 2.05) is 6.07 Å². The predicted molar refractivity (Wildman–Crippen MR) is 59.8 cm³/mol. The first kappa shape index (κ1) is 11.5. The van der Waals surface area contributed by atoms with Gasteiger partial charge in [0.05, 0.1) is 11.3 Å². The van der Waals surface area contributed by atoms with Crippen LogP contribution in [-0.2, 0) is 4.79 Å². The molecule has 15 heavy (non-hydrogen) atoms. The zero-order chi connectivity index (χ0) is 11.4. The fourth-order valence-electron chi connectivity index (χ4n) is 1.22. The van der Waals surface area contributed by atoms with Crippen molar-refractivity contribution in [3.05, 3.63) is 28.2 Å². The topological polar surface area (TPSA) is 64.3 Å². The van der Waals surface area contributed by atoms with Gasteiger partial charge in [-0.1, -0.05) is 15.9 Å². The van der Waals surface area contributed by atoms with Crippen LogP contribution in [0.3, 0.4) is 0 Å². The van der Waals surface area contributed by atoms with Crippen molar-refractivity contribution in [3.8, 4) is 6.07 Å². The Balaban J connectivity index is 3.04. The normalized spacial score (nSPS) is 9.40. The molecule has 0 saturated carbocycles. The summed E-state index contributed by atoms with van der Waals surface area (Å²) < 4.78 is 0.798. The van der Waals surface area contributed by atoms with E-state index in [0.717, 1.165) is 4.47 Å². The SMILES string of the molecule is CN(CC(=O)O)c1ccc(Br)cc1C#N. The molecule has 0 aliphatic carbocycles. The van der Waals surface area contributed by atoms with E-state index in [1.165, 1.54) is 4.90 Å². The molecule has 0 radical (unpaired) electrons. The summed E-state index contributed by atoms with van der Waals surface area (Å²) in [5.74, 6) is -0.927. The fourth-order valence-corrected chi connectivity index (χ4v) is 1.58. The van der Waals surface area contributed by atoms with Crippen molar-refractivity contribution in [3.63, 3.8) is 0 Å². The van der Waals surface area contributed by atoms with E-state index in [2.05, 4.69) is 15.9 Å². The smallest absolute Gasteiger partial charge is 0.323 e. The number of rotatable bonds is 3. The van der Waals surface area contributed by atoms with Crippen LogP contribution in [0.1, 0.15) is 5.56 Å². The molecule has 0 fully saturated rings. The van der Waals surface area contributed by atoms with Gasteiger partial charge in [0.25, 0.3) is 0 Å². The molecule has 5 heteroatoms. The minimum absolute atomic E-state index is 0.129. The van der Waals surface area contributed by atoms with Gasteiger partial charge in [0, 0.05) is 11.5 Å². The average Bonchev–Trinajstić information content (AvgIpc) is 2.16. The van der Waals surface area contributed by atoms with Gasteiger partial charge in [-0.15, -0.1) is 0 Å². The maximum atomic E-state index is 10.5. The number of nitrogens with zero attached hydrogens (tertiary/aromatic N) is 2. The first-order valence-electron chi connectivity index (χ1n) is 4.17. The highest BCUT2D eigenvalue weighted by atomic mass is 79.9. The molecule has 0 bridgehead atoms. The maximum Gasteiger partial charge on any atom is 0.323 e. The summed E-state index contributed by atoms with van der Waals surface area (Å²) in [7, 11) is 1.64. The first-order valence-corrected chi connectivity index (χ1v) is 4.96. The molecule has 0 amide bonds. The van der Waals surface area contributed by atoms with Crippen LogP contribution in [0.25, 0.3) is 0 Å². The van der Waals surface area contributed by atoms with Crippen molar-refractivity contribution in [1.29, 1.82) is 5.26 Å². The third kappa shape index (κ3) is 2.96. The molecule has 78 valence electrons. The van der Waals surface area contributed by atoms with Gasteiger partial charge in [0.15, 0.2) is 0 Å². The highest BCUT2D eigenvalue weighted by molar-refractivity contribution is 9.10. The number of hydrogen-bond donors (Lipinski definition) is 1. The number of hydrogen-bond acceptors (Lipinski definition) is 3. The van der Waals surface area contributed by atoms with Crippen LogP contribution in [0.15, 0.2) is 22.7 Å². The van der Waals surface area contributed by atoms with Crippen molar-refractivity contribution in [1.82, 2.24) is 0 Å². The molecule has 0 atom stereocenters. The Labute approximate surface area is 95.9 Å². The lowest BCUT2D eigenvalue weighted by Gasteiger charge is -2.17. The van der Waals surface area contributed by atoms with Gasteiger partial charge in [-0.05, 0) is 18.2 Å². The maximum absolute atomic E-state index is 10.5. The van der Waals surface area contributed by atoms with Crippen LogP contribution in [0.2, 0.25) is 0 Å². The number of carboxylic acids is 1. The van der Waals surface area contributed by atoms with Crippen molar-refractivity contribution < 1.29 is 9.90 Å². The molecule has 1 N–H and O–H groups in total. The second-order valence-corrected chi connectivity index (χ2v) is 3.94. The predicted octanol–water partition coefficient (Wildman–Crippen LogP) is 1.84. The second kappa shape index (κ2) is 4.80. The molecule has 0 aliphatic heterocycles. The van der Waals surface area contributed by atoms with Crippen molar-refractivity contribution in [2.45, 2.75) is 0 Å². The lowest BCUT2D eigenvalue weighted by atomic mass is 10.2. The van der Waals surface area contributed by atoms with E-state index in [0.29, 0.717) is 11.3 Å². The standard InChI is InChI=1S/C10H9BrN2O2/c1-13(6-10(14)15)9-3-2-8(11)4-7(9)5-12/h2-4H,6H2,1H3,(H,14,15). The third-order valence-electron chi connectivity index (χ3n) is 1.86. The molecule has 0 aromatic heterocycles. The molecule has 0 heterocycles. The number of carbonyl (C=O) groups is 1. The Kier molecular flexibility index (Phi) is 3.69. The molecule has 0 aliphatic rings. The Morgan fingerprint density at radius 1 is 1.67 bits per heavy atom. The largest absolute Gasteiger partial charge is 0.480 e. The van der Waals surface area contributed by atoms with E-state index < -0.39 is 5.97 Å².